The minimum absolute atomic E-state index is 0.0958. The monoisotopic (exact) mass is 373 g/mol. The fraction of sp³-hybridized carbons (Fsp3) is 0.136. The molecule has 2 aromatic carbocycles. The first-order chi connectivity index (χ1) is 13.5. The molecule has 0 fully saturated rings. The summed E-state index contributed by atoms with van der Waals surface area (Å²) >= 11 is 0. The molecular weight excluding hydrogens is 354 g/mol. The Labute approximate surface area is 162 Å². The SMILES string of the molecule is Cc1ccc(C2=CC(=O)C(=Nc3c(C)n(C)n(-c4ccccc4)c3=O)O2)cc1. The van der Waals surface area contributed by atoms with Crippen LogP contribution in [0.2, 0.25) is 0 Å². The number of ketones is 1. The van der Waals surface area contributed by atoms with Crippen LogP contribution in [0.4, 0.5) is 5.69 Å². The fourth-order valence-electron chi connectivity index (χ4n) is 3.09. The smallest absolute Gasteiger partial charge is 0.297 e. The van der Waals surface area contributed by atoms with Crippen molar-refractivity contribution in [3.63, 3.8) is 0 Å². The lowest BCUT2D eigenvalue weighted by Crippen LogP contribution is -2.19. The molecule has 2 heterocycles. The first-order valence-corrected chi connectivity index (χ1v) is 8.89. The number of benzene rings is 2. The van der Waals surface area contributed by atoms with Crippen LogP contribution < -0.4 is 5.56 Å². The van der Waals surface area contributed by atoms with E-state index in [1.165, 1.54) is 10.8 Å². The van der Waals surface area contributed by atoms with Gasteiger partial charge in [-0.3, -0.25) is 14.3 Å². The second kappa shape index (κ2) is 6.81. The van der Waals surface area contributed by atoms with E-state index in [1.54, 1.807) is 18.7 Å². The highest BCUT2D eigenvalue weighted by Gasteiger charge is 2.26. The standard InChI is InChI=1S/C22H19N3O3/c1-14-9-11-16(12-10-14)19-13-18(26)21(28-19)23-20-15(2)24(3)25(22(20)27)17-7-5-4-6-8-17/h4-13H,1-3H3. The summed E-state index contributed by atoms with van der Waals surface area (Å²) in [4.78, 5) is 29.6. The van der Waals surface area contributed by atoms with Crippen LogP contribution in [0.3, 0.4) is 0 Å². The molecule has 0 spiro atoms. The molecule has 0 unspecified atom stereocenters. The predicted octanol–water partition coefficient (Wildman–Crippen LogP) is 3.46. The van der Waals surface area contributed by atoms with Crippen molar-refractivity contribution in [3.05, 3.63) is 87.8 Å². The molecule has 6 heteroatoms. The van der Waals surface area contributed by atoms with Gasteiger partial charge in [-0.1, -0.05) is 48.0 Å². The van der Waals surface area contributed by atoms with Crippen LogP contribution in [0.5, 0.6) is 0 Å². The fourth-order valence-corrected chi connectivity index (χ4v) is 3.09. The number of para-hydroxylation sites is 1. The number of aromatic nitrogens is 2. The molecule has 0 bridgehead atoms. The molecule has 0 amide bonds. The molecular formula is C22H19N3O3. The highest BCUT2D eigenvalue weighted by atomic mass is 16.5. The summed E-state index contributed by atoms with van der Waals surface area (Å²) in [5.74, 6) is -0.0215. The third kappa shape index (κ3) is 2.99. The van der Waals surface area contributed by atoms with Crippen molar-refractivity contribution in [2.24, 2.45) is 12.0 Å². The number of hydrogen-bond acceptors (Lipinski definition) is 4. The number of carbonyl (C=O) groups excluding carboxylic acids is 1. The zero-order valence-corrected chi connectivity index (χ0v) is 15.8. The molecule has 0 saturated carbocycles. The van der Waals surface area contributed by atoms with Crippen molar-refractivity contribution < 1.29 is 9.53 Å². The van der Waals surface area contributed by atoms with Gasteiger partial charge in [0.05, 0.1) is 11.4 Å². The van der Waals surface area contributed by atoms with Gasteiger partial charge in [-0.15, -0.1) is 0 Å². The lowest BCUT2D eigenvalue weighted by molar-refractivity contribution is -0.109. The van der Waals surface area contributed by atoms with Crippen LogP contribution in [0.1, 0.15) is 16.8 Å². The maximum absolute atomic E-state index is 12.9. The van der Waals surface area contributed by atoms with E-state index in [2.05, 4.69) is 4.99 Å². The topological polar surface area (TPSA) is 65.6 Å². The Balaban J connectivity index is 1.72. The Hall–Kier alpha value is -3.67. The summed E-state index contributed by atoms with van der Waals surface area (Å²) in [5.41, 5.74) is 3.15. The maximum Gasteiger partial charge on any atom is 0.297 e. The van der Waals surface area contributed by atoms with Crippen LogP contribution in [0, 0.1) is 13.8 Å². The Bertz CT molecular complexity index is 1180. The summed E-state index contributed by atoms with van der Waals surface area (Å²) in [6, 6.07) is 16.9. The van der Waals surface area contributed by atoms with Crippen LogP contribution in [-0.2, 0) is 16.6 Å². The third-order valence-electron chi connectivity index (χ3n) is 4.75. The minimum Gasteiger partial charge on any atom is -0.435 e. The molecule has 140 valence electrons. The van der Waals surface area contributed by atoms with E-state index in [1.807, 2.05) is 61.5 Å². The van der Waals surface area contributed by atoms with Crippen LogP contribution >= 0.6 is 0 Å². The molecule has 0 aliphatic carbocycles. The van der Waals surface area contributed by atoms with Crippen molar-refractivity contribution in [1.29, 1.82) is 0 Å². The molecule has 0 radical (unpaired) electrons. The number of aliphatic imine (C=N–C) groups is 1. The van der Waals surface area contributed by atoms with Gasteiger partial charge in [0.2, 0.25) is 5.78 Å². The van der Waals surface area contributed by atoms with Gasteiger partial charge in [-0.25, -0.2) is 9.67 Å². The Morgan fingerprint density at radius 2 is 1.61 bits per heavy atom. The number of ether oxygens (including phenoxy) is 1. The van der Waals surface area contributed by atoms with E-state index in [0.29, 0.717) is 11.5 Å². The van der Waals surface area contributed by atoms with Crippen LogP contribution in [0.15, 0.2) is 70.5 Å². The molecule has 0 saturated heterocycles. The van der Waals surface area contributed by atoms with Gasteiger partial charge in [0.25, 0.3) is 11.5 Å². The maximum atomic E-state index is 12.9. The summed E-state index contributed by atoms with van der Waals surface area (Å²) in [5, 5.41) is 0. The highest BCUT2D eigenvalue weighted by Crippen LogP contribution is 2.25. The quantitative estimate of drug-likeness (QED) is 0.706. The van der Waals surface area contributed by atoms with E-state index >= 15 is 0 Å². The zero-order chi connectivity index (χ0) is 19.8. The molecule has 4 rings (SSSR count). The first kappa shape index (κ1) is 17.7. The van der Waals surface area contributed by atoms with Crippen LogP contribution in [0.25, 0.3) is 11.4 Å². The predicted molar refractivity (Wildman–Crippen MR) is 108 cm³/mol. The lowest BCUT2D eigenvalue weighted by Gasteiger charge is -2.07. The second-order valence-electron chi connectivity index (χ2n) is 6.67. The van der Waals surface area contributed by atoms with Crippen molar-refractivity contribution in [3.8, 4) is 5.69 Å². The number of hydrogen-bond donors (Lipinski definition) is 0. The van der Waals surface area contributed by atoms with Gasteiger partial charge in [0, 0.05) is 18.7 Å². The number of nitrogens with zero attached hydrogens (tertiary/aromatic N) is 3. The van der Waals surface area contributed by atoms with E-state index in [4.69, 9.17) is 4.74 Å². The van der Waals surface area contributed by atoms with E-state index < -0.39 is 0 Å². The molecule has 0 N–H and O–H groups in total. The molecule has 3 aromatic rings. The second-order valence-corrected chi connectivity index (χ2v) is 6.67. The minimum atomic E-state index is -0.357. The first-order valence-electron chi connectivity index (χ1n) is 8.89. The molecule has 1 aromatic heterocycles. The van der Waals surface area contributed by atoms with E-state index in [0.717, 1.165) is 16.8 Å². The van der Waals surface area contributed by atoms with E-state index in [-0.39, 0.29) is 22.9 Å². The molecule has 0 atom stereocenters. The van der Waals surface area contributed by atoms with Gasteiger partial charge >= 0.3 is 0 Å². The number of aryl methyl sites for hydroxylation is 1. The summed E-state index contributed by atoms with van der Waals surface area (Å²) in [6.07, 6.45) is 1.40. The molecule has 1 aliphatic heterocycles. The van der Waals surface area contributed by atoms with Gasteiger partial charge in [-0.2, -0.15) is 0 Å². The Kier molecular flexibility index (Phi) is 4.31. The summed E-state index contributed by atoms with van der Waals surface area (Å²) in [7, 11) is 1.78. The van der Waals surface area contributed by atoms with E-state index in [9.17, 15) is 9.59 Å². The summed E-state index contributed by atoms with van der Waals surface area (Å²) in [6.45, 7) is 3.77. The number of rotatable bonds is 3. The van der Waals surface area contributed by atoms with Gasteiger partial charge in [0.15, 0.2) is 5.69 Å². The largest absolute Gasteiger partial charge is 0.435 e. The third-order valence-corrected chi connectivity index (χ3v) is 4.75. The van der Waals surface area contributed by atoms with Gasteiger partial charge < -0.3 is 4.74 Å². The van der Waals surface area contributed by atoms with Crippen molar-refractivity contribution in [2.75, 3.05) is 0 Å². The lowest BCUT2D eigenvalue weighted by atomic mass is 10.1. The average Bonchev–Trinajstić information content (AvgIpc) is 3.16. The highest BCUT2D eigenvalue weighted by molar-refractivity contribution is 6.45. The summed E-state index contributed by atoms with van der Waals surface area (Å²) < 4.78 is 8.90. The van der Waals surface area contributed by atoms with Gasteiger partial charge in [-0.05, 0) is 26.0 Å². The molecule has 1 aliphatic rings. The average molecular weight is 373 g/mol. The van der Waals surface area contributed by atoms with Crippen molar-refractivity contribution in [1.82, 2.24) is 9.36 Å². The van der Waals surface area contributed by atoms with Crippen molar-refractivity contribution >= 4 is 23.1 Å². The normalized spacial score (nSPS) is 15.0. The molecule has 6 nitrogen and oxygen atoms in total. The van der Waals surface area contributed by atoms with Gasteiger partial charge in [0.1, 0.15) is 5.76 Å². The number of carbonyl (C=O) groups is 1. The zero-order valence-electron chi connectivity index (χ0n) is 15.8. The Morgan fingerprint density at radius 3 is 2.29 bits per heavy atom. The van der Waals surface area contributed by atoms with Crippen LogP contribution in [-0.4, -0.2) is 21.0 Å². The van der Waals surface area contributed by atoms with Crippen molar-refractivity contribution in [2.45, 2.75) is 13.8 Å². The molecule has 28 heavy (non-hydrogen) atoms. The Morgan fingerprint density at radius 1 is 0.929 bits per heavy atom.